The van der Waals surface area contributed by atoms with Crippen molar-refractivity contribution < 1.29 is 9.90 Å². The van der Waals surface area contributed by atoms with Crippen molar-refractivity contribution in [1.29, 1.82) is 0 Å². The Hall–Kier alpha value is -0.0600. The molecule has 0 aromatic heterocycles. The largest absolute Gasteiger partial charge is 0.506 e. The predicted octanol–water partition coefficient (Wildman–Crippen LogP) is 3.39. The van der Waals surface area contributed by atoms with Gasteiger partial charge in [0, 0.05) is 0 Å². The SMILES string of the molecule is O=C(CBr)c1ccc(Cl)c(Br)c1O. The van der Waals surface area contributed by atoms with E-state index in [4.69, 9.17) is 11.6 Å². The molecule has 0 atom stereocenters. The molecule has 0 heterocycles. The monoisotopic (exact) mass is 326 g/mol. The van der Waals surface area contributed by atoms with Crippen molar-refractivity contribution in [2.24, 2.45) is 0 Å². The molecule has 0 unspecified atom stereocenters. The number of hydrogen-bond acceptors (Lipinski definition) is 2. The third kappa shape index (κ3) is 2.24. The first-order valence-corrected chi connectivity index (χ1v) is 5.63. The number of rotatable bonds is 2. The average molecular weight is 328 g/mol. The average Bonchev–Trinajstić information content (AvgIpc) is 2.13. The van der Waals surface area contributed by atoms with Crippen molar-refractivity contribution in [3.63, 3.8) is 0 Å². The number of Topliss-reactive ketones (excluding diaryl/α,β-unsaturated/α-hetero) is 1. The highest BCUT2D eigenvalue weighted by Gasteiger charge is 2.14. The number of benzene rings is 1. The Labute approximate surface area is 97.2 Å². The summed E-state index contributed by atoms with van der Waals surface area (Å²) in [5.41, 5.74) is 0.258. The number of hydrogen-bond donors (Lipinski definition) is 1. The third-order valence-electron chi connectivity index (χ3n) is 1.49. The number of carbonyl (C=O) groups excluding carboxylic acids is 1. The molecule has 0 fully saturated rings. The van der Waals surface area contributed by atoms with Crippen LogP contribution in [0, 0.1) is 0 Å². The smallest absolute Gasteiger partial charge is 0.177 e. The fourth-order valence-electron chi connectivity index (χ4n) is 0.837. The molecule has 1 aromatic rings. The van der Waals surface area contributed by atoms with Crippen molar-refractivity contribution in [1.82, 2.24) is 0 Å². The molecule has 70 valence electrons. The van der Waals surface area contributed by atoms with Crippen LogP contribution in [-0.4, -0.2) is 16.2 Å². The summed E-state index contributed by atoms with van der Waals surface area (Å²) in [5, 5.41) is 10.1. The molecule has 0 aliphatic carbocycles. The fraction of sp³-hybridized carbons (Fsp3) is 0.125. The summed E-state index contributed by atoms with van der Waals surface area (Å²) < 4.78 is 0.348. The van der Waals surface area contributed by atoms with Gasteiger partial charge in [-0.05, 0) is 28.1 Å². The van der Waals surface area contributed by atoms with Gasteiger partial charge in [-0.3, -0.25) is 4.79 Å². The molecule has 1 aromatic carbocycles. The van der Waals surface area contributed by atoms with Crippen molar-refractivity contribution >= 4 is 49.2 Å². The van der Waals surface area contributed by atoms with Crippen LogP contribution in [0.3, 0.4) is 0 Å². The number of alkyl halides is 1. The van der Waals surface area contributed by atoms with Crippen molar-refractivity contribution in [3.05, 3.63) is 27.2 Å². The van der Waals surface area contributed by atoms with E-state index in [1.54, 1.807) is 6.07 Å². The molecule has 0 radical (unpaired) electrons. The third-order valence-corrected chi connectivity index (χ3v) is 3.35. The predicted molar refractivity (Wildman–Crippen MR) is 58.9 cm³/mol. The lowest BCUT2D eigenvalue weighted by molar-refractivity contribution is 0.102. The molecule has 0 amide bonds. The first-order valence-electron chi connectivity index (χ1n) is 3.34. The number of phenols is 1. The Kier molecular flexibility index (Phi) is 3.76. The maximum Gasteiger partial charge on any atom is 0.177 e. The van der Waals surface area contributed by atoms with Crippen molar-refractivity contribution in [2.45, 2.75) is 0 Å². The molecule has 0 aliphatic heterocycles. The van der Waals surface area contributed by atoms with Gasteiger partial charge in [0.15, 0.2) is 5.78 Å². The molecular weight excluding hydrogens is 323 g/mol. The second kappa shape index (κ2) is 4.44. The Balaban J connectivity index is 3.26. The van der Waals surface area contributed by atoms with Gasteiger partial charge in [-0.1, -0.05) is 27.5 Å². The molecule has 0 saturated carbocycles. The summed E-state index contributed by atoms with van der Waals surface area (Å²) in [6, 6.07) is 3.05. The molecule has 1 N–H and O–H groups in total. The molecule has 0 bridgehead atoms. The van der Waals surface area contributed by atoms with E-state index in [0.29, 0.717) is 9.50 Å². The Morgan fingerprint density at radius 2 is 2.15 bits per heavy atom. The quantitative estimate of drug-likeness (QED) is 0.667. The topological polar surface area (TPSA) is 37.3 Å². The van der Waals surface area contributed by atoms with Crippen LogP contribution in [0.1, 0.15) is 10.4 Å². The zero-order chi connectivity index (χ0) is 10.0. The van der Waals surface area contributed by atoms with Crippen molar-refractivity contribution in [3.8, 4) is 5.75 Å². The minimum Gasteiger partial charge on any atom is -0.506 e. The summed E-state index contributed by atoms with van der Waals surface area (Å²) in [6.07, 6.45) is 0. The van der Waals surface area contributed by atoms with Gasteiger partial charge in [-0.2, -0.15) is 0 Å². The van der Waals surface area contributed by atoms with Gasteiger partial charge in [0.05, 0.1) is 20.4 Å². The summed E-state index contributed by atoms with van der Waals surface area (Å²) in [6.45, 7) is 0. The molecule has 0 saturated heterocycles. The first kappa shape index (κ1) is 11.0. The van der Waals surface area contributed by atoms with E-state index in [1.807, 2.05) is 0 Å². The van der Waals surface area contributed by atoms with Gasteiger partial charge in [-0.25, -0.2) is 0 Å². The van der Waals surface area contributed by atoms with Crippen LogP contribution in [0.4, 0.5) is 0 Å². The zero-order valence-electron chi connectivity index (χ0n) is 6.35. The Morgan fingerprint density at radius 1 is 1.54 bits per heavy atom. The number of ketones is 1. The van der Waals surface area contributed by atoms with Gasteiger partial charge >= 0.3 is 0 Å². The summed E-state index contributed by atoms with van der Waals surface area (Å²) in [7, 11) is 0. The fourth-order valence-corrected chi connectivity index (χ4v) is 1.64. The van der Waals surface area contributed by atoms with E-state index >= 15 is 0 Å². The highest BCUT2D eigenvalue weighted by Crippen LogP contribution is 2.34. The van der Waals surface area contributed by atoms with E-state index < -0.39 is 0 Å². The van der Waals surface area contributed by atoms with Gasteiger partial charge in [0.1, 0.15) is 5.75 Å². The molecule has 13 heavy (non-hydrogen) atoms. The minimum atomic E-state index is -0.185. The van der Waals surface area contributed by atoms with Crippen molar-refractivity contribution in [2.75, 3.05) is 5.33 Å². The van der Waals surface area contributed by atoms with Gasteiger partial charge in [0.25, 0.3) is 0 Å². The minimum absolute atomic E-state index is 0.114. The van der Waals surface area contributed by atoms with Gasteiger partial charge < -0.3 is 5.11 Å². The zero-order valence-corrected chi connectivity index (χ0v) is 10.3. The number of aromatic hydroxyl groups is 1. The van der Waals surface area contributed by atoms with E-state index in [9.17, 15) is 9.90 Å². The highest BCUT2D eigenvalue weighted by atomic mass is 79.9. The molecule has 5 heteroatoms. The lowest BCUT2D eigenvalue weighted by Gasteiger charge is -2.04. The van der Waals surface area contributed by atoms with Gasteiger partial charge in [0.2, 0.25) is 0 Å². The Bertz CT molecular complexity index is 352. The molecule has 1 rings (SSSR count). The summed E-state index contributed by atoms with van der Waals surface area (Å²) in [4.78, 5) is 11.2. The number of carbonyl (C=O) groups is 1. The summed E-state index contributed by atoms with van der Waals surface area (Å²) >= 11 is 11.8. The second-order valence-corrected chi connectivity index (χ2v) is 4.08. The number of phenolic OH excluding ortho intramolecular Hbond substituents is 1. The second-order valence-electron chi connectivity index (χ2n) is 2.31. The van der Waals surface area contributed by atoms with Crippen LogP contribution < -0.4 is 0 Å². The van der Waals surface area contributed by atoms with Crippen LogP contribution in [-0.2, 0) is 0 Å². The molecule has 0 aliphatic rings. The van der Waals surface area contributed by atoms with Crippen LogP contribution >= 0.6 is 43.5 Å². The first-order chi connectivity index (χ1) is 6.07. The normalized spacial score (nSPS) is 10.1. The van der Waals surface area contributed by atoms with E-state index in [0.717, 1.165) is 0 Å². The summed E-state index contributed by atoms with van der Waals surface area (Å²) in [5.74, 6) is -0.299. The highest BCUT2D eigenvalue weighted by molar-refractivity contribution is 9.10. The van der Waals surface area contributed by atoms with E-state index in [-0.39, 0.29) is 22.4 Å². The van der Waals surface area contributed by atoms with E-state index in [1.165, 1.54) is 6.07 Å². The van der Waals surface area contributed by atoms with Crippen LogP contribution in [0.25, 0.3) is 0 Å². The molecule has 2 nitrogen and oxygen atoms in total. The lowest BCUT2D eigenvalue weighted by Crippen LogP contribution is -2.00. The maximum atomic E-state index is 11.2. The molecule has 0 spiro atoms. The maximum absolute atomic E-state index is 11.2. The Morgan fingerprint density at radius 3 is 2.69 bits per heavy atom. The number of halogens is 3. The van der Waals surface area contributed by atoms with Gasteiger partial charge in [-0.15, -0.1) is 0 Å². The molecular formula is C8H5Br2ClO2. The standard InChI is InChI=1S/C8H5Br2ClO2/c9-3-6(12)4-1-2-5(11)7(10)8(4)13/h1-2,13H,3H2. The lowest BCUT2D eigenvalue weighted by atomic mass is 10.1. The van der Waals surface area contributed by atoms with Crippen LogP contribution in [0.2, 0.25) is 5.02 Å². The van der Waals surface area contributed by atoms with Crippen LogP contribution in [0.15, 0.2) is 16.6 Å². The van der Waals surface area contributed by atoms with Crippen LogP contribution in [0.5, 0.6) is 5.75 Å². The van der Waals surface area contributed by atoms with E-state index in [2.05, 4.69) is 31.9 Å².